The van der Waals surface area contributed by atoms with Crippen LogP contribution in [0.5, 0.6) is 0 Å². The van der Waals surface area contributed by atoms with Gasteiger partial charge in [0.1, 0.15) is 6.61 Å². The summed E-state index contributed by atoms with van der Waals surface area (Å²) in [6.07, 6.45) is -0.509. The number of aliphatic hydroxyl groups excluding tert-OH is 1. The van der Waals surface area contributed by atoms with E-state index < -0.39 is 33.4 Å². The third-order valence-electron chi connectivity index (χ3n) is 7.13. The van der Waals surface area contributed by atoms with Crippen molar-refractivity contribution in [3.63, 3.8) is 0 Å². The zero-order chi connectivity index (χ0) is 25.1. The second kappa shape index (κ2) is 10.2. The summed E-state index contributed by atoms with van der Waals surface area (Å²) in [6.45, 7) is 3.97. The van der Waals surface area contributed by atoms with Crippen LogP contribution in [-0.2, 0) is 21.2 Å². The van der Waals surface area contributed by atoms with Crippen LogP contribution in [-0.4, -0.2) is 31.5 Å². The predicted octanol–water partition coefficient (Wildman–Crippen LogP) is 5.52. The van der Waals surface area contributed by atoms with Gasteiger partial charge in [-0.3, -0.25) is 5.32 Å². The van der Waals surface area contributed by atoms with Crippen LogP contribution in [0.1, 0.15) is 49.3 Å². The summed E-state index contributed by atoms with van der Waals surface area (Å²) in [6, 6.07) is 23.5. The molecule has 3 aromatic rings. The topological polar surface area (TPSA) is 92.7 Å². The van der Waals surface area contributed by atoms with E-state index in [-0.39, 0.29) is 17.3 Å². The SMILES string of the molecule is CCC1(CC)CS(=O)(=O)c2ccc(NC(=O)OCc3ccccc3)cc2[C@@H](c2ccccc2)C1O. The summed E-state index contributed by atoms with van der Waals surface area (Å²) in [4.78, 5) is 12.7. The highest BCUT2D eigenvalue weighted by Crippen LogP contribution is 2.48. The van der Waals surface area contributed by atoms with Crippen molar-refractivity contribution in [2.45, 2.75) is 50.2 Å². The first kappa shape index (κ1) is 24.9. The van der Waals surface area contributed by atoms with Crippen molar-refractivity contribution >= 4 is 21.6 Å². The Bertz CT molecular complexity index is 1270. The van der Waals surface area contributed by atoms with Crippen molar-refractivity contribution in [1.82, 2.24) is 0 Å². The molecule has 0 aromatic heterocycles. The van der Waals surface area contributed by atoms with Crippen LogP contribution in [0.25, 0.3) is 0 Å². The maximum atomic E-state index is 13.5. The summed E-state index contributed by atoms with van der Waals surface area (Å²) in [5, 5.41) is 14.4. The minimum Gasteiger partial charge on any atom is -0.444 e. The van der Waals surface area contributed by atoms with Gasteiger partial charge in [-0.25, -0.2) is 13.2 Å². The number of carbonyl (C=O) groups excluding carboxylic acids is 1. The Morgan fingerprint density at radius 2 is 1.63 bits per heavy atom. The first-order chi connectivity index (χ1) is 16.8. The van der Waals surface area contributed by atoms with E-state index in [0.717, 1.165) is 11.1 Å². The van der Waals surface area contributed by atoms with Crippen LogP contribution in [0.15, 0.2) is 83.8 Å². The van der Waals surface area contributed by atoms with Gasteiger partial charge in [-0.15, -0.1) is 0 Å². The molecule has 0 spiro atoms. The molecule has 1 aliphatic rings. The number of carbonyl (C=O) groups is 1. The molecule has 1 unspecified atom stereocenters. The van der Waals surface area contributed by atoms with Crippen LogP contribution in [0.3, 0.4) is 0 Å². The van der Waals surface area contributed by atoms with Gasteiger partial charge in [0.05, 0.1) is 16.8 Å². The molecule has 35 heavy (non-hydrogen) atoms. The molecule has 1 heterocycles. The number of hydrogen-bond donors (Lipinski definition) is 2. The van der Waals surface area contributed by atoms with Gasteiger partial charge < -0.3 is 9.84 Å². The molecule has 3 aromatic carbocycles. The van der Waals surface area contributed by atoms with Crippen LogP contribution < -0.4 is 5.32 Å². The largest absolute Gasteiger partial charge is 0.444 e. The van der Waals surface area contributed by atoms with Gasteiger partial charge in [0, 0.05) is 17.0 Å². The molecular formula is C28H31NO5S. The lowest BCUT2D eigenvalue weighted by Crippen LogP contribution is -2.42. The van der Waals surface area contributed by atoms with E-state index in [9.17, 15) is 18.3 Å². The smallest absolute Gasteiger partial charge is 0.411 e. The van der Waals surface area contributed by atoms with Crippen molar-refractivity contribution in [3.05, 3.63) is 95.6 Å². The number of aliphatic hydroxyl groups is 1. The number of amides is 1. The summed E-state index contributed by atoms with van der Waals surface area (Å²) < 4.78 is 32.4. The molecule has 6 nitrogen and oxygen atoms in total. The number of fused-ring (bicyclic) bond motifs is 1. The lowest BCUT2D eigenvalue weighted by molar-refractivity contribution is 0.0221. The number of benzene rings is 3. The lowest BCUT2D eigenvalue weighted by atomic mass is 9.70. The molecule has 7 heteroatoms. The van der Waals surface area contributed by atoms with Crippen LogP contribution >= 0.6 is 0 Å². The summed E-state index contributed by atoms with van der Waals surface area (Å²) in [5.74, 6) is -0.693. The van der Waals surface area contributed by atoms with E-state index in [1.165, 1.54) is 6.07 Å². The number of hydrogen-bond acceptors (Lipinski definition) is 5. The van der Waals surface area contributed by atoms with E-state index >= 15 is 0 Å². The molecule has 0 saturated heterocycles. The van der Waals surface area contributed by atoms with Gasteiger partial charge in [0.2, 0.25) is 0 Å². The number of rotatable bonds is 6. The number of nitrogens with one attached hydrogen (secondary N) is 1. The van der Waals surface area contributed by atoms with E-state index in [1.807, 2.05) is 74.5 Å². The molecule has 1 aliphatic heterocycles. The van der Waals surface area contributed by atoms with Gasteiger partial charge in [0.25, 0.3) is 0 Å². The monoisotopic (exact) mass is 493 g/mol. The molecule has 2 atom stereocenters. The number of ether oxygens (including phenoxy) is 1. The van der Waals surface area contributed by atoms with E-state index in [0.29, 0.717) is 24.1 Å². The normalized spacial score (nSPS) is 20.3. The molecule has 0 saturated carbocycles. The zero-order valence-electron chi connectivity index (χ0n) is 20.0. The maximum Gasteiger partial charge on any atom is 0.411 e. The quantitative estimate of drug-likeness (QED) is 0.472. The Kier molecular flexibility index (Phi) is 7.28. The Hall–Kier alpha value is -3.16. The molecule has 0 aliphatic carbocycles. The molecule has 0 radical (unpaired) electrons. The minimum atomic E-state index is -3.68. The van der Waals surface area contributed by atoms with Gasteiger partial charge in [-0.2, -0.15) is 0 Å². The highest BCUT2D eigenvalue weighted by molar-refractivity contribution is 7.91. The van der Waals surface area contributed by atoms with Gasteiger partial charge in [-0.1, -0.05) is 74.5 Å². The van der Waals surface area contributed by atoms with Crippen LogP contribution in [0.2, 0.25) is 0 Å². The Morgan fingerprint density at radius 1 is 1.00 bits per heavy atom. The second-order valence-corrected chi connectivity index (χ2v) is 11.1. The van der Waals surface area contributed by atoms with E-state index in [2.05, 4.69) is 5.32 Å². The standard InChI is InChI=1S/C28H31NO5S/c1-3-28(4-2)19-35(32,33)24-16-15-22(29-27(31)34-18-20-11-7-5-8-12-20)17-23(24)25(26(28)30)21-13-9-6-10-14-21/h5-17,25-26,30H,3-4,18-19H2,1-2H3,(H,29,31)/t25-,26?/m1/s1. The predicted molar refractivity (Wildman–Crippen MR) is 136 cm³/mol. The first-order valence-corrected chi connectivity index (χ1v) is 13.5. The first-order valence-electron chi connectivity index (χ1n) is 11.9. The van der Waals surface area contributed by atoms with Crippen LogP contribution in [0, 0.1) is 5.41 Å². The van der Waals surface area contributed by atoms with Crippen molar-refractivity contribution in [3.8, 4) is 0 Å². The molecule has 2 N–H and O–H groups in total. The third kappa shape index (κ3) is 5.11. The maximum absolute atomic E-state index is 13.5. The van der Waals surface area contributed by atoms with Gasteiger partial charge >= 0.3 is 6.09 Å². The average Bonchev–Trinajstić information content (AvgIpc) is 2.94. The van der Waals surface area contributed by atoms with Crippen molar-refractivity contribution < 1.29 is 23.1 Å². The van der Waals surface area contributed by atoms with Crippen LogP contribution in [0.4, 0.5) is 10.5 Å². The van der Waals surface area contributed by atoms with Crippen molar-refractivity contribution in [2.24, 2.45) is 5.41 Å². The average molecular weight is 494 g/mol. The van der Waals surface area contributed by atoms with Crippen molar-refractivity contribution in [2.75, 3.05) is 11.1 Å². The molecule has 4 rings (SSSR count). The lowest BCUT2D eigenvalue weighted by Gasteiger charge is -2.38. The van der Waals surface area contributed by atoms with E-state index in [1.54, 1.807) is 12.1 Å². The fourth-order valence-electron chi connectivity index (χ4n) is 4.99. The highest BCUT2D eigenvalue weighted by atomic mass is 32.2. The summed E-state index contributed by atoms with van der Waals surface area (Å²) in [7, 11) is -3.68. The molecule has 1 amide bonds. The van der Waals surface area contributed by atoms with Crippen molar-refractivity contribution in [1.29, 1.82) is 0 Å². The van der Waals surface area contributed by atoms with Gasteiger partial charge in [0.15, 0.2) is 9.84 Å². The molecule has 184 valence electrons. The summed E-state index contributed by atoms with van der Waals surface area (Å²) >= 11 is 0. The third-order valence-corrected chi connectivity index (χ3v) is 9.12. The molecule has 0 fully saturated rings. The Morgan fingerprint density at radius 3 is 2.26 bits per heavy atom. The fraction of sp³-hybridized carbons (Fsp3) is 0.321. The number of anilines is 1. The molecular weight excluding hydrogens is 462 g/mol. The number of sulfone groups is 1. The van der Waals surface area contributed by atoms with Gasteiger partial charge in [-0.05, 0) is 47.7 Å². The fourth-order valence-corrected chi connectivity index (χ4v) is 7.30. The minimum absolute atomic E-state index is 0.118. The summed E-state index contributed by atoms with van der Waals surface area (Å²) in [5.41, 5.74) is 1.78. The Balaban J connectivity index is 1.72. The van der Waals surface area contributed by atoms with E-state index in [4.69, 9.17) is 4.74 Å². The Labute approximate surface area is 206 Å². The molecule has 0 bridgehead atoms. The zero-order valence-corrected chi connectivity index (χ0v) is 20.8. The highest BCUT2D eigenvalue weighted by Gasteiger charge is 2.48. The second-order valence-electron chi connectivity index (χ2n) is 9.10.